The van der Waals surface area contributed by atoms with Gasteiger partial charge >= 0.3 is 10.1 Å². The molecule has 0 aliphatic carbocycles. The Balaban J connectivity index is 1.13. The molecule has 1 saturated heterocycles. The first kappa shape index (κ1) is 32.9. The number of sulfonamides is 1. The molecule has 1 atom stereocenters. The summed E-state index contributed by atoms with van der Waals surface area (Å²) in [6.45, 7) is 2.03. The first-order valence-corrected chi connectivity index (χ1v) is 19.7. The third-order valence-electron chi connectivity index (χ3n) is 9.82. The summed E-state index contributed by atoms with van der Waals surface area (Å²) < 4.78 is 63.5. The second kappa shape index (κ2) is 13.1. The molecular weight excluding hydrogens is 683 g/mol. The highest BCUT2D eigenvalue weighted by Crippen LogP contribution is 2.36. The summed E-state index contributed by atoms with van der Waals surface area (Å²) in [5.74, 6) is -0.193. The van der Waals surface area contributed by atoms with Crippen molar-refractivity contribution in [2.24, 2.45) is 0 Å². The minimum Gasteiger partial charge on any atom is -0.379 e. The minimum atomic E-state index is -4.24. The summed E-state index contributed by atoms with van der Waals surface area (Å²) in [7, 11) is -8.45. The second-order valence-electron chi connectivity index (χ2n) is 12.8. The van der Waals surface area contributed by atoms with Gasteiger partial charge in [-0.1, -0.05) is 97.1 Å². The topological polar surface area (TPSA) is 104 Å². The Labute approximate surface area is 297 Å². The lowest BCUT2D eigenvalue weighted by atomic mass is 9.94. The summed E-state index contributed by atoms with van der Waals surface area (Å²) >= 11 is 0. The first-order valence-electron chi connectivity index (χ1n) is 16.8. The maximum absolute atomic E-state index is 14.7. The van der Waals surface area contributed by atoms with E-state index in [1.54, 1.807) is 65.6 Å². The van der Waals surface area contributed by atoms with Crippen molar-refractivity contribution in [1.29, 1.82) is 0 Å². The number of nitrogens with zero attached hydrogens (tertiary/aromatic N) is 3. The average Bonchev–Trinajstić information content (AvgIpc) is 3.17. The molecule has 9 nitrogen and oxygen atoms in total. The summed E-state index contributed by atoms with van der Waals surface area (Å²) in [5, 5.41) is 2.63. The number of hydrogen-bond acceptors (Lipinski definition) is 7. The average molecular weight is 718 g/mol. The van der Waals surface area contributed by atoms with Crippen LogP contribution in [0, 0.1) is 0 Å². The minimum absolute atomic E-state index is 0.0384. The van der Waals surface area contributed by atoms with E-state index >= 15 is 0 Å². The molecule has 0 radical (unpaired) electrons. The van der Waals surface area contributed by atoms with Gasteiger partial charge in [0.2, 0.25) is 15.9 Å². The van der Waals surface area contributed by atoms with Crippen LogP contribution in [0.15, 0.2) is 143 Å². The summed E-state index contributed by atoms with van der Waals surface area (Å²) in [5.41, 5.74) is 2.41. The highest BCUT2D eigenvalue weighted by molar-refractivity contribution is 7.89. The maximum atomic E-state index is 14.7. The van der Waals surface area contributed by atoms with Gasteiger partial charge in [0.1, 0.15) is 16.7 Å². The molecule has 0 N–H and O–H groups in total. The van der Waals surface area contributed by atoms with Gasteiger partial charge in [-0.05, 0) is 64.7 Å². The monoisotopic (exact) mass is 717 g/mol. The molecular formula is C40H35N3O6S2. The van der Waals surface area contributed by atoms with E-state index in [-0.39, 0.29) is 34.4 Å². The Morgan fingerprint density at radius 3 is 1.88 bits per heavy atom. The van der Waals surface area contributed by atoms with Crippen molar-refractivity contribution >= 4 is 53.3 Å². The normalized spacial score (nSPS) is 17.0. The molecule has 0 saturated carbocycles. The van der Waals surface area contributed by atoms with Crippen molar-refractivity contribution in [3.63, 3.8) is 0 Å². The molecule has 1 fully saturated rings. The number of amides is 1. The molecule has 11 heteroatoms. The first-order chi connectivity index (χ1) is 24.7. The number of rotatable bonds is 7. The van der Waals surface area contributed by atoms with Crippen molar-refractivity contribution < 1.29 is 25.8 Å². The Kier molecular flexibility index (Phi) is 8.49. The van der Waals surface area contributed by atoms with Crippen LogP contribution in [0.3, 0.4) is 0 Å². The summed E-state index contributed by atoms with van der Waals surface area (Å²) in [6.07, 6.45) is 0.132. The van der Waals surface area contributed by atoms with Gasteiger partial charge in [-0.15, -0.1) is 0 Å². The molecule has 6 aromatic rings. The van der Waals surface area contributed by atoms with Gasteiger partial charge in [-0.25, -0.2) is 8.42 Å². The zero-order chi connectivity index (χ0) is 35.2. The van der Waals surface area contributed by atoms with Crippen LogP contribution in [0.5, 0.6) is 5.75 Å². The van der Waals surface area contributed by atoms with Gasteiger partial charge in [0, 0.05) is 49.2 Å². The number of piperazine rings is 1. The largest absolute Gasteiger partial charge is 0.379 e. The van der Waals surface area contributed by atoms with Crippen LogP contribution in [0.1, 0.15) is 11.1 Å². The highest BCUT2D eigenvalue weighted by atomic mass is 32.2. The molecule has 258 valence electrons. The predicted octanol–water partition coefficient (Wildman–Crippen LogP) is 6.23. The number of anilines is 1. The van der Waals surface area contributed by atoms with Crippen LogP contribution in [0.2, 0.25) is 0 Å². The van der Waals surface area contributed by atoms with E-state index in [9.17, 15) is 21.6 Å². The lowest BCUT2D eigenvalue weighted by Crippen LogP contribution is -2.57. The maximum Gasteiger partial charge on any atom is 0.339 e. The number of hydrogen-bond donors (Lipinski definition) is 0. The van der Waals surface area contributed by atoms with Gasteiger partial charge in [-0.2, -0.15) is 12.7 Å². The Morgan fingerprint density at radius 2 is 1.20 bits per heavy atom. The van der Waals surface area contributed by atoms with Crippen LogP contribution in [0.25, 0.3) is 21.5 Å². The Morgan fingerprint density at radius 1 is 0.608 bits per heavy atom. The van der Waals surface area contributed by atoms with Gasteiger partial charge in [0.15, 0.2) is 0 Å². The molecule has 2 aliphatic heterocycles. The van der Waals surface area contributed by atoms with Crippen molar-refractivity contribution in [2.45, 2.75) is 28.8 Å². The van der Waals surface area contributed by atoms with E-state index in [2.05, 4.69) is 4.90 Å². The molecule has 0 aromatic heterocycles. The van der Waals surface area contributed by atoms with Crippen molar-refractivity contribution in [3.05, 3.63) is 145 Å². The van der Waals surface area contributed by atoms with E-state index < -0.39 is 26.2 Å². The quantitative estimate of drug-likeness (QED) is 0.181. The van der Waals surface area contributed by atoms with Crippen molar-refractivity contribution in [2.75, 3.05) is 31.1 Å². The van der Waals surface area contributed by atoms with Gasteiger partial charge in [0.05, 0.1) is 4.90 Å². The van der Waals surface area contributed by atoms with Crippen LogP contribution in [-0.4, -0.2) is 64.2 Å². The molecule has 1 amide bonds. The molecule has 51 heavy (non-hydrogen) atoms. The van der Waals surface area contributed by atoms with E-state index in [0.29, 0.717) is 42.5 Å². The molecule has 0 spiro atoms. The number of benzene rings is 6. The molecule has 6 aromatic carbocycles. The van der Waals surface area contributed by atoms with E-state index in [1.807, 2.05) is 66.7 Å². The molecule has 2 heterocycles. The molecule has 8 rings (SSSR count). The molecule has 2 aliphatic rings. The smallest absolute Gasteiger partial charge is 0.339 e. The summed E-state index contributed by atoms with van der Waals surface area (Å²) in [4.78, 5) is 18.5. The Hall–Kier alpha value is -5.23. The zero-order valence-electron chi connectivity index (χ0n) is 27.6. The number of carbonyl (C=O) groups is 1. The Bertz CT molecular complexity index is 2490. The predicted molar refractivity (Wildman–Crippen MR) is 198 cm³/mol. The fourth-order valence-corrected chi connectivity index (χ4v) is 10.1. The standard InChI is InChI=1S/C40H35N3O6S2/c44-40(42-24-22-41(23-25-42)33-14-2-1-3-15-33)37-27-31-20-21-34(49-51(47,48)39-19-9-13-30-11-5-7-17-36(30)39)26-32(31)28-43(37)50(45,46)38-18-8-12-29-10-4-6-16-35(29)38/h1-21,26,37H,22-25,27-28H2/t37-/m0/s1. The number of carbonyl (C=O) groups excluding carboxylic acids is 1. The lowest BCUT2D eigenvalue weighted by molar-refractivity contribution is -0.136. The van der Waals surface area contributed by atoms with Crippen LogP contribution < -0.4 is 9.08 Å². The molecule has 0 unspecified atom stereocenters. The third kappa shape index (κ3) is 6.22. The lowest BCUT2D eigenvalue weighted by Gasteiger charge is -2.41. The number of fused-ring (bicyclic) bond motifs is 3. The van der Waals surface area contributed by atoms with E-state index in [0.717, 1.165) is 22.0 Å². The highest BCUT2D eigenvalue weighted by Gasteiger charge is 2.42. The van der Waals surface area contributed by atoms with Crippen molar-refractivity contribution in [3.8, 4) is 5.75 Å². The van der Waals surface area contributed by atoms with E-state index in [4.69, 9.17) is 4.18 Å². The fraction of sp³-hybridized carbons (Fsp3) is 0.175. The molecule has 0 bridgehead atoms. The van der Waals surface area contributed by atoms with Gasteiger partial charge in [-0.3, -0.25) is 4.79 Å². The third-order valence-corrected chi connectivity index (χ3v) is 13.0. The van der Waals surface area contributed by atoms with Gasteiger partial charge < -0.3 is 14.0 Å². The second-order valence-corrected chi connectivity index (χ2v) is 16.2. The van der Waals surface area contributed by atoms with Crippen LogP contribution >= 0.6 is 0 Å². The zero-order valence-corrected chi connectivity index (χ0v) is 29.3. The SMILES string of the molecule is O=C([C@@H]1Cc2ccc(OS(=O)(=O)c3cccc4ccccc34)cc2CN1S(=O)(=O)c1cccc2ccccc12)N1CCN(c2ccccc2)CC1. The fourth-order valence-electron chi connectivity index (χ4n) is 7.22. The van der Waals surface area contributed by atoms with E-state index in [1.165, 1.54) is 10.4 Å². The number of para-hydroxylation sites is 1. The summed E-state index contributed by atoms with van der Waals surface area (Å²) in [6, 6.07) is 38.5. The van der Waals surface area contributed by atoms with Gasteiger partial charge in [0.25, 0.3) is 0 Å². The van der Waals surface area contributed by atoms with Crippen molar-refractivity contribution in [1.82, 2.24) is 9.21 Å². The van der Waals surface area contributed by atoms with Crippen LogP contribution in [-0.2, 0) is 37.9 Å². The van der Waals surface area contributed by atoms with Crippen LogP contribution in [0.4, 0.5) is 5.69 Å².